The van der Waals surface area contributed by atoms with Crippen molar-refractivity contribution in [1.29, 1.82) is 0 Å². The van der Waals surface area contributed by atoms with E-state index in [0.717, 1.165) is 29.1 Å². The van der Waals surface area contributed by atoms with Crippen molar-refractivity contribution in [2.24, 2.45) is 0 Å². The molecule has 1 aromatic carbocycles. The molecule has 0 fully saturated rings. The van der Waals surface area contributed by atoms with Crippen molar-refractivity contribution in [3.8, 4) is 0 Å². The molecule has 0 aliphatic carbocycles. The number of aromatic nitrogens is 2. The maximum absolute atomic E-state index is 5.94. The van der Waals surface area contributed by atoms with Crippen LogP contribution in [-0.4, -0.2) is 9.78 Å². The molecular formula is C11H13ClN2. The quantitative estimate of drug-likeness (QED) is 0.740. The monoisotopic (exact) mass is 208 g/mol. The average Bonchev–Trinajstić information content (AvgIpc) is 2.44. The third-order valence-electron chi connectivity index (χ3n) is 2.33. The predicted octanol–water partition coefficient (Wildman–Crippen LogP) is 3.41. The number of rotatable bonds is 2. The summed E-state index contributed by atoms with van der Waals surface area (Å²) in [4.78, 5) is 0. The lowest BCUT2D eigenvalue weighted by Crippen LogP contribution is -1.98. The van der Waals surface area contributed by atoms with Crippen molar-refractivity contribution < 1.29 is 0 Å². The normalized spacial score (nSPS) is 11.1. The number of hydrogen-bond donors (Lipinski definition) is 0. The maximum atomic E-state index is 5.94. The van der Waals surface area contributed by atoms with Crippen molar-refractivity contribution in [3.63, 3.8) is 0 Å². The van der Waals surface area contributed by atoms with Crippen LogP contribution in [0.3, 0.4) is 0 Å². The zero-order valence-corrected chi connectivity index (χ0v) is 9.17. The molecule has 0 bridgehead atoms. The van der Waals surface area contributed by atoms with Crippen LogP contribution in [0.2, 0.25) is 5.02 Å². The summed E-state index contributed by atoms with van der Waals surface area (Å²) in [5, 5.41) is 6.41. The van der Waals surface area contributed by atoms with Crippen molar-refractivity contribution >= 4 is 22.5 Å². The van der Waals surface area contributed by atoms with Crippen molar-refractivity contribution in [1.82, 2.24) is 9.78 Å². The maximum Gasteiger partial charge on any atom is 0.0686 e. The molecule has 0 N–H and O–H groups in total. The molecule has 0 aliphatic heterocycles. The molecule has 2 nitrogen and oxygen atoms in total. The summed E-state index contributed by atoms with van der Waals surface area (Å²) in [6, 6.07) is 5.93. The van der Waals surface area contributed by atoms with Crippen LogP contribution in [0.4, 0.5) is 0 Å². The third-order valence-corrected chi connectivity index (χ3v) is 2.57. The lowest BCUT2D eigenvalue weighted by Gasteiger charge is -1.99. The van der Waals surface area contributed by atoms with Crippen molar-refractivity contribution in [2.45, 2.75) is 26.8 Å². The minimum Gasteiger partial charge on any atom is -0.265 e. The molecule has 0 saturated heterocycles. The van der Waals surface area contributed by atoms with E-state index in [0.29, 0.717) is 0 Å². The molecule has 0 spiro atoms. The molecule has 0 radical (unpaired) electrons. The zero-order chi connectivity index (χ0) is 10.1. The molecule has 0 unspecified atom stereocenters. The largest absolute Gasteiger partial charge is 0.265 e. The number of hydrogen-bond acceptors (Lipinski definition) is 1. The van der Waals surface area contributed by atoms with E-state index in [9.17, 15) is 0 Å². The van der Waals surface area contributed by atoms with E-state index in [1.807, 2.05) is 29.8 Å². The molecule has 0 amide bonds. The second-order valence-electron chi connectivity index (χ2n) is 3.47. The Morgan fingerprint density at radius 1 is 1.43 bits per heavy atom. The van der Waals surface area contributed by atoms with Gasteiger partial charge in [-0.05, 0) is 31.5 Å². The molecule has 0 aliphatic rings. The number of fused-ring (bicyclic) bond motifs is 1. The van der Waals surface area contributed by atoms with Crippen LogP contribution < -0.4 is 0 Å². The van der Waals surface area contributed by atoms with Gasteiger partial charge in [0.2, 0.25) is 0 Å². The van der Waals surface area contributed by atoms with Gasteiger partial charge in [-0.1, -0.05) is 18.5 Å². The number of halogens is 1. The van der Waals surface area contributed by atoms with Crippen molar-refractivity contribution in [3.05, 3.63) is 28.9 Å². The standard InChI is InChI=1S/C11H13ClN2/c1-3-6-14-11-5-4-9(12)7-10(11)8(2)13-14/h4-5,7H,3,6H2,1-2H3. The van der Waals surface area contributed by atoms with Gasteiger partial charge >= 0.3 is 0 Å². The third kappa shape index (κ3) is 1.50. The highest BCUT2D eigenvalue weighted by Crippen LogP contribution is 2.22. The van der Waals surface area contributed by atoms with Crippen LogP contribution in [-0.2, 0) is 6.54 Å². The summed E-state index contributed by atoms with van der Waals surface area (Å²) in [5.74, 6) is 0. The Hall–Kier alpha value is -1.02. The Kier molecular flexibility index (Phi) is 2.46. The van der Waals surface area contributed by atoms with Gasteiger partial charge in [-0.2, -0.15) is 5.10 Å². The predicted molar refractivity (Wildman–Crippen MR) is 59.8 cm³/mol. The molecule has 3 heteroatoms. The van der Waals surface area contributed by atoms with Crippen LogP contribution in [0.1, 0.15) is 19.0 Å². The Balaban J connectivity index is 2.65. The Morgan fingerprint density at radius 2 is 2.21 bits per heavy atom. The van der Waals surface area contributed by atoms with Gasteiger partial charge in [-0.25, -0.2) is 0 Å². The smallest absolute Gasteiger partial charge is 0.0686 e. The highest BCUT2D eigenvalue weighted by atomic mass is 35.5. The summed E-state index contributed by atoms with van der Waals surface area (Å²) < 4.78 is 2.04. The lowest BCUT2D eigenvalue weighted by molar-refractivity contribution is 0.617. The summed E-state index contributed by atoms with van der Waals surface area (Å²) in [7, 11) is 0. The molecule has 0 atom stereocenters. The zero-order valence-electron chi connectivity index (χ0n) is 8.42. The van der Waals surface area contributed by atoms with E-state index >= 15 is 0 Å². The fourth-order valence-corrected chi connectivity index (χ4v) is 1.87. The number of benzene rings is 1. The van der Waals surface area contributed by atoms with Crippen LogP contribution in [0.25, 0.3) is 10.9 Å². The van der Waals surface area contributed by atoms with Crippen LogP contribution in [0.5, 0.6) is 0 Å². The fourth-order valence-electron chi connectivity index (χ4n) is 1.69. The lowest BCUT2D eigenvalue weighted by atomic mass is 10.2. The highest BCUT2D eigenvalue weighted by Gasteiger charge is 2.06. The van der Waals surface area contributed by atoms with Gasteiger partial charge in [0, 0.05) is 17.0 Å². The topological polar surface area (TPSA) is 17.8 Å². The molecule has 14 heavy (non-hydrogen) atoms. The van der Waals surface area contributed by atoms with Gasteiger partial charge in [-0.15, -0.1) is 0 Å². The summed E-state index contributed by atoms with van der Waals surface area (Å²) in [6.45, 7) is 5.13. The SMILES string of the molecule is CCCn1nc(C)c2cc(Cl)ccc21. The van der Waals surface area contributed by atoms with Crippen LogP contribution >= 0.6 is 11.6 Å². The molecule has 1 heterocycles. The highest BCUT2D eigenvalue weighted by molar-refractivity contribution is 6.31. The molecule has 74 valence electrons. The first-order valence-electron chi connectivity index (χ1n) is 4.85. The van der Waals surface area contributed by atoms with E-state index in [1.165, 1.54) is 5.52 Å². The Labute approximate surface area is 88.5 Å². The molecule has 2 rings (SSSR count). The Morgan fingerprint density at radius 3 is 2.93 bits per heavy atom. The first-order chi connectivity index (χ1) is 6.72. The van der Waals surface area contributed by atoms with Crippen molar-refractivity contribution in [2.75, 3.05) is 0 Å². The Bertz CT molecular complexity index is 460. The molecule has 1 aromatic heterocycles. The first kappa shape index (κ1) is 9.53. The van der Waals surface area contributed by atoms with E-state index in [2.05, 4.69) is 12.0 Å². The van der Waals surface area contributed by atoms with Gasteiger partial charge in [0.1, 0.15) is 0 Å². The average molecular weight is 209 g/mol. The van der Waals surface area contributed by atoms with Crippen LogP contribution in [0.15, 0.2) is 18.2 Å². The van der Waals surface area contributed by atoms with E-state index in [-0.39, 0.29) is 0 Å². The first-order valence-corrected chi connectivity index (χ1v) is 5.23. The minimum absolute atomic E-state index is 0.775. The summed E-state index contributed by atoms with van der Waals surface area (Å²) >= 11 is 5.94. The van der Waals surface area contributed by atoms with E-state index in [4.69, 9.17) is 11.6 Å². The summed E-state index contributed by atoms with van der Waals surface area (Å²) in [5.41, 5.74) is 2.23. The fraction of sp³-hybridized carbons (Fsp3) is 0.364. The molecule has 2 aromatic rings. The van der Waals surface area contributed by atoms with Gasteiger partial charge < -0.3 is 0 Å². The van der Waals surface area contributed by atoms with Gasteiger partial charge in [-0.3, -0.25) is 4.68 Å². The number of nitrogens with zero attached hydrogens (tertiary/aromatic N) is 2. The van der Waals surface area contributed by atoms with E-state index in [1.54, 1.807) is 0 Å². The van der Waals surface area contributed by atoms with Gasteiger partial charge in [0.15, 0.2) is 0 Å². The van der Waals surface area contributed by atoms with E-state index < -0.39 is 0 Å². The van der Waals surface area contributed by atoms with Gasteiger partial charge in [0.25, 0.3) is 0 Å². The van der Waals surface area contributed by atoms with Gasteiger partial charge in [0.05, 0.1) is 11.2 Å². The second-order valence-corrected chi connectivity index (χ2v) is 3.91. The van der Waals surface area contributed by atoms with Crippen LogP contribution in [0, 0.1) is 6.92 Å². The molecule has 0 saturated carbocycles. The summed E-state index contributed by atoms with van der Waals surface area (Å²) in [6.07, 6.45) is 1.10. The second kappa shape index (κ2) is 3.62. The molecular weight excluding hydrogens is 196 g/mol. The minimum atomic E-state index is 0.775. The number of aryl methyl sites for hydroxylation is 2.